The molecular weight excluding hydrogens is 399 g/mol. The minimum atomic E-state index is -2.01. The molecule has 4 nitrogen and oxygen atoms in total. The molecule has 0 aliphatic rings. The van der Waals surface area contributed by atoms with E-state index in [1.807, 2.05) is 6.07 Å². The summed E-state index contributed by atoms with van der Waals surface area (Å²) in [6.07, 6.45) is 0.834. The first-order valence-electron chi connectivity index (χ1n) is 6.72. The molecule has 0 unspecified atom stereocenters. The quantitative estimate of drug-likeness (QED) is 0.294. The van der Waals surface area contributed by atoms with Crippen molar-refractivity contribution in [2.75, 3.05) is 13.9 Å². The molecule has 0 aliphatic carbocycles. The third kappa shape index (κ3) is 4.69. The number of hydrogen-bond donors (Lipinski definition) is 0. The van der Waals surface area contributed by atoms with E-state index in [1.54, 1.807) is 13.2 Å². The Bertz CT molecular complexity index is 509. The van der Waals surface area contributed by atoms with Crippen molar-refractivity contribution in [3.63, 3.8) is 0 Å². The average molecular weight is 422 g/mol. The van der Waals surface area contributed by atoms with Crippen molar-refractivity contribution in [1.82, 2.24) is 0 Å². The highest BCUT2D eigenvalue weighted by Crippen LogP contribution is 2.41. The molecule has 0 atom stereocenters. The van der Waals surface area contributed by atoms with Gasteiger partial charge in [-0.1, -0.05) is 20.8 Å². The molecule has 1 aromatic rings. The molecule has 0 saturated carbocycles. The number of hydrogen-bond acceptors (Lipinski definition) is 4. The molecule has 0 heterocycles. The molecule has 0 bridgehead atoms. The maximum atomic E-state index is 11.2. The predicted molar refractivity (Wildman–Crippen MR) is 94.9 cm³/mol. The second-order valence-electron chi connectivity index (χ2n) is 6.35. The molecule has 0 amide bonds. The number of ether oxygens (including phenoxy) is 2. The SMILES string of the molecule is COCOc1cc(I)c(C=O)cc1O[Si](C)(C)C(C)(C)C. The van der Waals surface area contributed by atoms with Gasteiger partial charge >= 0.3 is 0 Å². The number of benzene rings is 1. The van der Waals surface area contributed by atoms with Crippen molar-refractivity contribution in [1.29, 1.82) is 0 Å². The summed E-state index contributed by atoms with van der Waals surface area (Å²) in [4.78, 5) is 11.2. The molecule has 1 rings (SSSR count). The Morgan fingerprint density at radius 1 is 1.24 bits per heavy atom. The van der Waals surface area contributed by atoms with E-state index in [1.165, 1.54) is 0 Å². The second-order valence-corrected chi connectivity index (χ2v) is 12.2. The molecule has 21 heavy (non-hydrogen) atoms. The smallest absolute Gasteiger partial charge is 0.250 e. The van der Waals surface area contributed by atoms with Crippen molar-refractivity contribution < 1.29 is 18.7 Å². The Kier molecular flexibility index (Phi) is 6.24. The Hall–Kier alpha value is -0.603. The molecule has 0 radical (unpaired) electrons. The lowest BCUT2D eigenvalue weighted by molar-refractivity contribution is 0.0497. The highest BCUT2D eigenvalue weighted by Gasteiger charge is 2.39. The largest absolute Gasteiger partial charge is 0.541 e. The minimum absolute atomic E-state index is 0.0653. The lowest BCUT2D eigenvalue weighted by atomic mass is 10.2. The summed E-state index contributed by atoms with van der Waals surface area (Å²) < 4.78 is 17.7. The summed E-state index contributed by atoms with van der Waals surface area (Å²) in [5.41, 5.74) is 0.606. The fraction of sp³-hybridized carbons (Fsp3) is 0.533. The van der Waals surface area contributed by atoms with Crippen LogP contribution in [0.5, 0.6) is 11.5 Å². The van der Waals surface area contributed by atoms with Crippen LogP contribution in [-0.4, -0.2) is 28.5 Å². The highest BCUT2D eigenvalue weighted by atomic mass is 127. The van der Waals surface area contributed by atoms with Crippen LogP contribution in [0, 0.1) is 3.57 Å². The van der Waals surface area contributed by atoms with Gasteiger partial charge in [0, 0.05) is 16.2 Å². The minimum Gasteiger partial charge on any atom is -0.541 e. The number of carbonyl (C=O) groups is 1. The van der Waals surface area contributed by atoms with E-state index < -0.39 is 8.32 Å². The molecular formula is C15H23IO4Si. The molecule has 0 N–H and O–H groups in total. The molecule has 0 saturated heterocycles. The van der Waals surface area contributed by atoms with Gasteiger partial charge < -0.3 is 13.9 Å². The molecule has 118 valence electrons. The Balaban J connectivity index is 3.22. The molecule has 0 spiro atoms. The first-order chi connectivity index (χ1) is 9.62. The van der Waals surface area contributed by atoms with E-state index in [0.29, 0.717) is 17.1 Å². The van der Waals surface area contributed by atoms with Gasteiger partial charge in [0.1, 0.15) is 5.75 Å². The third-order valence-corrected chi connectivity index (χ3v) is 8.97. The van der Waals surface area contributed by atoms with Crippen LogP contribution < -0.4 is 9.16 Å². The summed E-state index contributed by atoms with van der Waals surface area (Å²) >= 11 is 2.11. The van der Waals surface area contributed by atoms with Crippen molar-refractivity contribution in [3.8, 4) is 11.5 Å². The van der Waals surface area contributed by atoms with Crippen LogP contribution in [0.2, 0.25) is 18.1 Å². The fourth-order valence-electron chi connectivity index (χ4n) is 1.38. The summed E-state index contributed by atoms with van der Waals surface area (Å²) in [5.74, 6) is 1.22. The Morgan fingerprint density at radius 3 is 2.33 bits per heavy atom. The first-order valence-corrected chi connectivity index (χ1v) is 10.7. The van der Waals surface area contributed by atoms with E-state index in [0.717, 1.165) is 9.86 Å². The second kappa shape index (κ2) is 7.10. The first kappa shape index (κ1) is 18.4. The van der Waals surface area contributed by atoms with E-state index >= 15 is 0 Å². The fourth-order valence-corrected chi connectivity index (χ4v) is 2.97. The zero-order valence-corrected chi connectivity index (χ0v) is 16.6. The van der Waals surface area contributed by atoms with E-state index in [2.05, 4.69) is 56.5 Å². The van der Waals surface area contributed by atoms with Gasteiger partial charge in [0.2, 0.25) is 0 Å². The van der Waals surface area contributed by atoms with Crippen LogP contribution in [0.15, 0.2) is 12.1 Å². The molecule has 0 aliphatic heterocycles. The molecule has 6 heteroatoms. The van der Waals surface area contributed by atoms with E-state index in [9.17, 15) is 4.79 Å². The number of rotatable bonds is 6. The van der Waals surface area contributed by atoms with Crippen LogP contribution in [0.1, 0.15) is 31.1 Å². The highest BCUT2D eigenvalue weighted by molar-refractivity contribution is 14.1. The number of halogens is 1. The monoisotopic (exact) mass is 422 g/mol. The zero-order chi connectivity index (χ0) is 16.3. The number of methoxy groups -OCH3 is 1. The van der Waals surface area contributed by atoms with Crippen LogP contribution in [0.25, 0.3) is 0 Å². The molecule has 0 fully saturated rings. The van der Waals surface area contributed by atoms with E-state index in [4.69, 9.17) is 13.9 Å². The van der Waals surface area contributed by atoms with Crippen molar-refractivity contribution >= 4 is 37.2 Å². The summed E-state index contributed by atoms with van der Waals surface area (Å²) in [7, 11) is -0.440. The zero-order valence-electron chi connectivity index (χ0n) is 13.5. The van der Waals surface area contributed by atoms with Gasteiger partial charge in [0.25, 0.3) is 8.32 Å². The molecule has 1 aromatic carbocycles. The topological polar surface area (TPSA) is 44.8 Å². The van der Waals surface area contributed by atoms with Gasteiger partial charge in [0.05, 0.1) is 0 Å². The van der Waals surface area contributed by atoms with Crippen molar-refractivity contribution in [2.24, 2.45) is 0 Å². The van der Waals surface area contributed by atoms with Gasteiger partial charge in [-0.15, -0.1) is 0 Å². The normalized spacial score (nSPS) is 12.1. The summed E-state index contributed by atoms with van der Waals surface area (Å²) in [6, 6.07) is 3.56. The van der Waals surface area contributed by atoms with Crippen molar-refractivity contribution in [2.45, 2.75) is 38.9 Å². The van der Waals surface area contributed by atoms with Crippen LogP contribution in [-0.2, 0) is 4.74 Å². The van der Waals surface area contributed by atoms with E-state index in [-0.39, 0.29) is 11.8 Å². The van der Waals surface area contributed by atoms with Gasteiger partial charge in [-0.2, -0.15) is 0 Å². The van der Waals surface area contributed by atoms with Crippen LogP contribution in [0.4, 0.5) is 0 Å². The Morgan fingerprint density at radius 2 is 1.86 bits per heavy atom. The van der Waals surface area contributed by atoms with Crippen LogP contribution >= 0.6 is 22.6 Å². The lowest BCUT2D eigenvalue weighted by Crippen LogP contribution is -2.44. The maximum absolute atomic E-state index is 11.2. The summed E-state index contributed by atoms with van der Waals surface area (Å²) in [6.45, 7) is 11.0. The lowest BCUT2D eigenvalue weighted by Gasteiger charge is -2.37. The van der Waals surface area contributed by atoms with Crippen LogP contribution in [0.3, 0.4) is 0 Å². The standard InChI is InChI=1S/C15H23IO4Si/c1-15(2,3)21(5,6)20-14-7-11(9-17)12(16)8-13(14)19-10-18-4/h7-9H,10H2,1-6H3. The van der Waals surface area contributed by atoms with Gasteiger partial charge in [-0.05, 0) is 52.9 Å². The number of aldehydes is 1. The van der Waals surface area contributed by atoms with Gasteiger partial charge in [-0.3, -0.25) is 4.79 Å². The number of carbonyl (C=O) groups excluding carboxylic acids is 1. The van der Waals surface area contributed by atoms with Gasteiger partial charge in [0.15, 0.2) is 18.8 Å². The average Bonchev–Trinajstić information content (AvgIpc) is 2.37. The van der Waals surface area contributed by atoms with Crippen molar-refractivity contribution in [3.05, 3.63) is 21.3 Å². The van der Waals surface area contributed by atoms with Gasteiger partial charge in [-0.25, -0.2) is 0 Å². The molecule has 0 aromatic heterocycles. The maximum Gasteiger partial charge on any atom is 0.250 e. The summed E-state index contributed by atoms with van der Waals surface area (Å²) in [5, 5.41) is 0.0653. The predicted octanol–water partition coefficient (Wildman–Crippen LogP) is 4.47. The Labute approximate surface area is 141 Å². The third-order valence-electron chi connectivity index (χ3n) is 3.69.